The lowest BCUT2D eigenvalue weighted by Gasteiger charge is -2.09. The molecule has 94 valence electrons. The van der Waals surface area contributed by atoms with E-state index >= 15 is 0 Å². The first-order valence-corrected chi connectivity index (χ1v) is 5.35. The van der Waals surface area contributed by atoms with Crippen LogP contribution in [0.1, 0.15) is 10.4 Å². The highest BCUT2D eigenvalue weighted by Crippen LogP contribution is 2.26. The predicted molar refractivity (Wildman–Crippen MR) is 67.1 cm³/mol. The fraction of sp³-hybridized carbons (Fsp3) is 0. The summed E-state index contributed by atoms with van der Waals surface area (Å²) >= 11 is 0. The van der Waals surface area contributed by atoms with Crippen molar-refractivity contribution in [3.05, 3.63) is 56.7 Å². The highest BCUT2D eigenvalue weighted by Gasteiger charge is 2.20. The molecule has 0 atom stereocenters. The number of hydrogen-bond donors (Lipinski definition) is 2. The molecule has 2 aromatic heterocycles. The summed E-state index contributed by atoms with van der Waals surface area (Å²) in [6.45, 7) is 0. The molecule has 0 bridgehead atoms. The first-order valence-electron chi connectivity index (χ1n) is 5.35. The van der Waals surface area contributed by atoms with E-state index in [0.717, 1.165) is 4.68 Å². The van der Waals surface area contributed by atoms with Crippen molar-refractivity contribution in [1.82, 2.24) is 9.66 Å². The molecule has 2 heterocycles. The molecule has 0 saturated carbocycles. The van der Waals surface area contributed by atoms with Crippen LogP contribution in [0.15, 0.2) is 40.1 Å². The number of rotatable bonds is 3. The molecule has 0 aliphatic carbocycles. The van der Waals surface area contributed by atoms with Gasteiger partial charge < -0.3 is 5.11 Å². The summed E-state index contributed by atoms with van der Waals surface area (Å²) in [5.74, 6) is -1.16. The number of anilines is 1. The summed E-state index contributed by atoms with van der Waals surface area (Å²) in [5, 5.41) is 9.66. The Morgan fingerprint density at radius 3 is 2.58 bits per heavy atom. The molecule has 3 aromatic rings. The third-order valence-corrected chi connectivity index (χ3v) is 2.78. The number of pyridine rings is 1. The Morgan fingerprint density at radius 1 is 1.21 bits per heavy atom. The van der Waals surface area contributed by atoms with Crippen molar-refractivity contribution in [3.63, 3.8) is 0 Å². The molecule has 2 N–H and O–H groups in total. The lowest BCUT2D eigenvalue weighted by molar-refractivity contribution is 0.0698. The number of carboxylic acids is 1. The van der Waals surface area contributed by atoms with Crippen LogP contribution >= 0.6 is 0 Å². The molecule has 0 amide bonds. The molecule has 0 radical (unpaired) electrons. The number of aromatic carboxylic acids is 1. The standard InChI is InChI=1S/C12H7N3O4/c16-10-11(17)15(10)14-9-6-2-1-5-13-8(6)4-3-7(9)12(18)19/h1-5,14H,(H,18,19). The van der Waals surface area contributed by atoms with Crippen LogP contribution in [0.4, 0.5) is 5.69 Å². The van der Waals surface area contributed by atoms with Crippen LogP contribution in [0.25, 0.3) is 10.9 Å². The fourth-order valence-corrected chi connectivity index (χ4v) is 1.80. The number of carbonyl (C=O) groups is 1. The molecule has 3 rings (SSSR count). The van der Waals surface area contributed by atoms with Gasteiger partial charge in [0.15, 0.2) is 0 Å². The zero-order valence-electron chi connectivity index (χ0n) is 9.45. The average molecular weight is 257 g/mol. The molecule has 0 unspecified atom stereocenters. The Labute approximate surface area is 105 Å². The number of nitrogens with one attached hydrogen (secondary N) is 1. The van der Waals surface area contributed by atoms with Crippen LogP contribution in [0.3, 0.4) is 0 Å². The quantitative estimate of drug-likeness (QED) is 0.650. The monoisotopic (exact) mass is 257 g/mol. The van der Waals surface area contributed by atoms with E-state index in [1.54, 1.807) is 24.4 Å². The van der Waals surface area contributed by atoms with E-state index < -0.39 is 17.1 Å². The van der Waals surface area contributed by atoms with E-state index in [2.05, 4.69) is 10.4 Å². The van der Waals surface area contributed by atoms with Gasteiger partial charge in [-0.25, -0.2) is 4.79 Å². The molecule has 7 heteroatoms. The molecule has 19 heavy (non-hydrogen) atoms. The SMILES string of the molecule is O=C(O)c1ccc2ncccc2c1Nn1c(=O)c1=O. The molecular weight excluding hydrogens is 250 g/mol. The zero-order valence-corrected chi connectivity index (χ0v) is 9.45. The minimum absolute atomic E-state index is 0.0343. The number of carboxylic acid groups (broad SMARTS) is 1. The van der Waals surface area contributed by atoms with E-state index in [4.69, 9.17) is 5.11 Å². The van der Waals surface area contributed by atoms with Gasteiger partial charge in [0.25, 0.3) is 0 Å². The van der Waals surface area contributed by atoms with Gasteiger partial charge in [-0.1, -0.05) is 0 Å². The molecule has 7 nitrogen and oxygen atoms in total. The average Bonchev–Trinajstić information content (AvgIpc) is 2.97. The number of nitrogens with zero attached hydrogens (tertiary/aromatic N) is 2. The maximum absolute atomic E-state index is 11.2. The summed E-state index contributed by atoms with van der Waals surface area (Å²) in [7, 11) is 0. The van der Waals surface area contributed by atoms with E-state index in [1.807, 2.05) is 0 Å². The number of aromatic nitrogens is 2. The Kier molecular flexibility index (Phi) is 2.21. The van der Waals surface area contributed by atoms with Gasteiger partial charge in [-0.15, -0.1) is 0 Å². The Hall–Kier alpha value is -2.96. The Morgan fingerprint density at radius 2 is 1.95 bits per heavy atom. The van der Waals surface area contributed by atoms with Gasteiger partial charge in [0.2, 0.25) is 0 Å². The van der Waals surface area contributed by atoms with Crippen LogP contribution in [0.2, 0.25) is 0 Å². The van der Waals surface area contributed by atoms with Crippen molar-refractivity contribution in [3.8, 4) is 0 Å². The van der Waals surface area contributed by atoms with Crippen molar-refractivity contribution in [1.29, 1.82) is 0 Å². The van der Waals surface area contributed by atoms with E-state index in [-0.39, 0.29) is 11.3 Å². The number of fused-ring (bicyclic) bond motifs is 1. The third-order valence-electron chi connectivity index (χ3n) is 2.78. The summed E-state index contributed by atoms with van der Waals surface area (Å²) in [5.41, 5.74) is 1.84. The molecule has 0 spiro atoms. The summed E-state index contributed by atoms with van der Waals surface area (Å²) < 4.78 is 0.758. The van der Waals surface area contributed by atoms with Crippen LogP contribution in [0, 0.1) is 0 Å². The van der Waals surface area contributed by atoms with Crippen LogP contribution in [-0.4, -0.2) is 20.7 Å². The van der Waals surface area contributed by atoms with Crippen LogP contribution in [-0.2, 0) is 0 Å². The Balaban J connectivity index is 2.25. The van der Waals surface area contributed by atoms with E-state index in [1.165, 1.54) is 6.07 Å². The predicted octanol–water partition coefficient (Wildman–Crippen LogP) is 0.206. The van der Waals surface area contributed by atoms with Gasteiger partial charge in [0.1, 0.15) is 0 Å². The second kappa shape index (κ2) is 3.77. The zero-order chi connectivity index (χ0) is 13.6. The highest BCUT2D eigenvalue weighted by molar-refractivity contribution is 6.04. The summed E-state index contributed by atoms with van der Waals surface area (Å²) in [6.07, 6.45) is 1.57. The molecule has 0 aliphatic heterocycles. The normalized spacial score (nSPS) is 10.9. The van der Waals surface area contributed by atoms with Crippen molar-refractivity contribution < 1.29 is 9.90 Å². The fourth-order valence-electron chi connectivity index (χ4n) is 1.80. The van der Waals surface area contributed by atoms with Crippen molar-refractivity contribution in [2.75, 3.05) is 5.43 Å². The van der Waals surface area contributed by atoms with Gasteiger partial charge >= 0.3 is 17.1 Å². The largest absolute Gasteiger partial charge is 0.478 e. The van der Waals surface area contributed by atoms with E-state index in [9.17, 15) is 14.4 Å². The molecule has 0 aliphatic rings. The molecule has 1 aromatic carbocycles. The summed E-state index contributed by atoms with van der Waals surface area (Å²) in [4.78, 5) is 37.2. The maximum atomic E-state index is 11.2. The lowest BCUT2D eigenvalue weighted by Crippen LogP contribution is -2.12. The second-order valence-electron chi connectivity index (χ2n) is 3.92. The van der Waals surface area contributed by atoms with Gasteiger partial charge in [0, 0.05) is 11.6 Å². The van der Waals surface area contributed by atoms with Crippen molar-refractivity contribution in [2.24, 2.45) is 0 Å². The van der Waals surface area contributed by atoms with Crippen molar-refractivity contribution in [2.45, 2.75) is 0 Å². The minimum atomic E-state index is -1.16. The van der Waals surface area contributed by atoms with Crippen LogP contribution < -0.4 is 16.5 Å². The van der Waals surface area contributed by atoms with Gasteiger partial charge in [-0.2, -0.15) is 4.68 Å². The maximum Gasteiger partial charge on any atom is 0.340 e. The van der Waals surface area contributed by atoms with Gasteiger partial charge in [-0.3, -0.25) is 20.0 Å². The second-order valence-corrected chi connectivity index (χ2v) is 3.92. The minimum Gasteiger partial charge on any atom is -0.478 e. The first kappa shape index (κ1) is 11.1. The van der Waals surface area contributed by atoms with Gasteiger partial charge in [-0.05, 0) is 24.3 Å². The lowest BCUT2D eigenvalue weighted by atomic mass is 10.1. The number of benzene rings is 1. The highest BCUT2D eigenvalue weighted by atomic mass is 16.4. The van der Waals surface area contributed by atoms with Crippen molar-refractivity contribution >= 4 is 22.6 Å². The summed E-state index contributed by atoms with van der Waals surface area (Å²) in [6, 6.07) is 6.24. The molecular formula is C12H7N3O4. The van der Waals surface area contributed by atoms with Gasteiger partial charge in [0.05, 0.1) is 16.8 Å². The smallest absolute Gasteiger partial charge is 0.340 e. The van der Waals surface area contributed by atoms with Crippen LogP contribution in [0.5, 0.6) is 0 Å². The first-order chi connectivity index (χ1) is 9.09. The molecule has 0 fully saturated rings. The Bertz CT molecular complexity index is 848. The van der Waals surface area contributed by atoms with E-state index in [0.29, 0.717) is 10.9 Å². The molecule has 0 saturated heterocycles. The topological polar surface area (TPSA) is 101 Å². The number of hydrogen-bond acceptors (Lipinski definition) is 5. The third kappa shape index (κ3) is 1.68.